The summed E-state index contributed by atoms with van der Waals surface area (Å²) in [6.45, 7) is -3.13. The van der Waals surface area contributed by atoms with Crippen molar-refractivity contribution in [2.45, 2.75) is 6.61 Å². The number of anilines is 1. The van der Waals surface area contributed by atoms with E-state index in [1.54, 1.807) is 6.07 Å². The highest BCUT2D eigenvalue weighted by Crippen LogP contribution is 2.34. The summed E-state index contributed by atoms with van der Waals surface area (Å²) in [5, 5.41) is 11.5. The number of nitriles is 1. The van der Waals surface area contributed by atoms with E-state index in [1.165, 1.54) is 43.5 Å². The second kappa shape index (κ2) is 8.58. The molecule has 0 bridgehead atoms. The number of methoxy groups -OCH3 is 1. The van der Waals surface area contributed by atoms with Crippen LogP contribution in [0.5, 0.6) is 11.5 Å². The molecule has 1 amide bonds. The monoisotopic (exact) mass is 362 g/mol. The first kappa shape index (κ1) is 18.9. The van der Waals surface area contributed by atoms with E-state index in [4.69, 9.17) is 4.74 Å². The summed E-state index contributed by atoms with van der Waals surface area (Å²) in [6.07, 6.45) is 1.05. The Balaban J connectivity index is 2.38. The van der Waals surface area contributed by atoms with Gasteiger partial charge in [0, 0.05) is 5.56 Å². The van der Waals surface area contributed by atoms with Gasteiger partial charge in [-0.15, -0.1) is 0 Å². The maximum absolute atomic E-state index is 13.6. The lowest BCUT2D eigenvalue weighted by Crippen LogP contribution is -2.14. The van der Waals surface area contributed by atoms with Gasteiger partial charge in [0.1, 0.15) is 17.5 Å². The molecular formula is C18H13F3N2O3. The number of carbonyl (C=O) groups is 1. The summed E-state index contributed by atoms with van der Waals surface area (Å²) < 4.78 is 48.3. The number of hydrogen-bond donors (Lipinski definition) is 1. The molecule has 5 nitrogen and oxygen atoms in total. The van der Waals surface area contributed by atoms with Crippen LogP contribution < -0.4 is 14.8 Å². The SMILES string of the molecule is COc1cccc(/C=C(\C#N)C(=O)Nc2ccccc2F)c1OC(F)F. The Labute approximate surface area is 147 Å². The lowest BCUT2D eigenvalue weighted by atomic mass is 10.1. The number of amides is 1. The summed E-state index contributed by atoms with van der Waals surface area (Å²) >= 11 is 0. The summed E-state index contributed by atoms with van der Waals surface area (Å²) in [5.41, 5.74) is -0.515. The van der Waals surface area contributed by atoms with Gasteiger partial charge in [0.05, 0.1) is 12.8 Å². The maximum atomic E-state index is 13.6. The normalized spacial score (nSPS) is 11.0. The predicted octanol–water partition coefficient (Wildman–Crippen LogP) is 3.98. The zero-order chi connectivity index (χ0) is 19.1. The van der Waals surface area contributed by atoms with E-state index in [9.17, 15) is 23.2 Å². The Kier molecular flexibility index (Phi) is 6.22. The fraction of sp³-hybridized carbons (Fsp3) is 0.111. The van der Waals surface area contributed by atoms with Crippen LogP contribution in [0.4, 0.5) is 18.9 Å². The maximum Gasteiger partial charge on any atom is 0.387 e. The lowest BCUT2D eigenvalue weighted by molar-refractivity contribution is -0.112. The number of para-hydroxylation sites is 2. The highest BCUT2D eigenvalue weighted by atomic mass is 19.3. The van der Waals surface area contributed by atoms with Crippen molar-refractivity contribution >= 4 is 17.7 Å². The minimum Gasteiger partial charge on any atom is -0.493 e. The van der Waals surface area contributed by atoms with Crippen molar-refractivity contribution in [1.82, 2.24) is 0 Å². The van der Waals surface area contributed by atoms with Gasteiger partial charge in [-0.2, -0.15) is 14.0 Å². The van der Waals surface area contributed by atoms with Gasteiger partial charge in [0.2, 0.25) is 0 Å². The summed E-state index contributed by atoms with van der Waals surface area (Å²) in [5.74, 6) is -1.90. The summed E-state index contributed by atoms with van der Waals surface area (Å²) in [6, 6.07) is 11.3. The predicted molar refractivity (Wildman–Crippen MR) is 88.2 cm³/mol. The number of nitrogens with zero attached hydrogens (tertiary/aromatic N) is 1. The number of alkyl halides is 2. The van der Waals surface area contributed by atoms with Crippen LogP contribution in [0, 0.1) is 17.1 Å². The van der Waals surface area contributed by atoms with Gasteiger partial charge in [0.15, 0.2) is 11.5 Å². The molecule has 2 rings (SSSR count). The Morgan fingerprint density at radius 1 is 1.23 bits per heavy atom. The third kappa shape index (κ3) is 4.54. The molecule has 1 N–H and O–H groups in total. The average Bonchev–Trinajstić information content (AvgIpc) is 2.62. The lowest BCUT2D eigenvalue weighted by Gasteiger charge is -2.12. The van der Waals surface area contributed by atoms with Crippen molar-refractivity contribution in [3.63, 3.8) is 0 Å². The largest absolute Gasteiger partial charge is 0.493 e. The quantitative estimate of drug-likeness (QED) is 0.623. The van der Waals surface area contributed by atoms with E-state index in [0.29, 0.717) is 0 Å². The minimum absolute atomic E-state index is 0.00542. The molecule has 8 heteroatoms. The zero-order valence-corrected chi connectivity index (χ0v) is 13.5. The molecule has 0 aliphatic rings. The van der Waals surface area contributed by atoms with Crippen LogP contribution in [0.1, 0.15) is 5.56 Å². The standard InChI is InChI=1S/C18H13F3N2O3/c1-25-15-8-4-5-11(16(15)26-18(20)21)9-12(10-22)17(24)23-14-7-3-2-6-13(14)19/h2-9,18H,1H3,(H,23,24)/b12-9+. The zero-order valence-electron chi connectivity index (χ0n) is 13.5. The molecule has 0 aliphatic carbocycles. The molecule has 0 unspecified atom stereocenters. The molecule has 26 heavy (non-hydrogen) atoms. The molecule has 0 aromatic heterocycles. The number of carbonyl (C=O) groups excluding carboxylic acids is 1. The van der Waals surface area contributed by atoms with Gasteiger partial charge < -0.3 is 14.8 Å². The average molecular weight is 362 g/mol. The fourth-order valence-corrected chi connectivity index (χ4v) is 2.08. The van der Waals surface area contributed by atoms with Crippen molar-refractivity contribution in [1.29, 1.82) is 5.26 Å². The first-order valence-electron chi connectivity index (χ1n) is 7.25. The van der Waals surface area contributed by atoms with Crippen molar-refractivity contribution in [2.24, 2.45) is 0 Å². The van der Waals surface area contributed by atoms with Crippen molar-refractivity contribution in [3.8, 4) is 17.6 Å². The first-order valence-corrected chi connectivity index (χ1v) is 7.25. The van der Waals surface area contributed by atoms with E-state index in [2.05, 4.69) is 10.1 Å². The molecule has 2 aromatic rings. The molecule has 0 spiro atoms. The van der Waals surface area contributed by atoms with E-state index in [0.717, 1.165) is 12.1 Å². The highest BCUT2D eigenvalue weighted by Gasteiger charge is 2.17. The second-order valence-corrected chi connectivity index (χ2v) is 4.86. The van der Waals surface area contributed by atoms with Crippen LogP contribution in [-0.2, 0) is 4.79 Å². The number of nitrogens with one attached hydrogen (secondary N) is 1. The number of benzene rings is 2. The Hall–Kier alpha value is -3.47. The van der Waals surface area contributed by atoms with E-state index in [-0.39, 0.29) is 22.7 Å². The minimum atomic E-state index is -3.13. The third-order valence-electron chi connectivity index (χ3n) is 3.22. The third-order valence-corrected chi connectivity index (χ3v) is 3.22. The van der Waals surface area contributed by atoms with E-state index in [1.807, 2.05) is 0 Å². The van der Waals surface area contributed by atoms with E-state index >= 15 is 0 Å². The number of ether oxygens (including phenoxy) is 2. The Morgan fingerprint density at radius 2 is 1.96 bits per heavy atom. The molecule has 134 valence electrons. The van der Waals surface area contributed by atoms with Crippen LogP contribution in [0.25, 0.3) is 6.08 Å². The number of rotatable bonds is 6. The molecule has 0 saturated carbocycles. The molecule has 0 heterocycles. The first-order chi connectivity index (χ1) is 12.5. The number of halogens is 3. The van der Waals surface area contributed by atoms with Gasteiger partial charge in [-0.3, -0.25) is 4.79 Å². The van der Waals surface area contributed by atoms with E-state index < -0.39 is 23.9 Å². The summed E-state index contributed by atoms with van der Waals surface area (Å²) in [4.78, 5) is 12.2. The molecule has 0 saturated heterocycles. The highest BCUT2D eigenvalue weighted by molar-refractivity contribution is 6.09. The van der Waals surface area contributed by atoms with Crippen LogP contribution in [0.2, 0.25) is 0 Å². The van der Waals surface area contributed by atoms with Crippen molar-refractivity contribution < 1.29 is 27.4 Å². The van der Waals surface area contributed by atoms with Gasteiger partial charge >= 0.3 is 6.61 Å². The Bertz CT molecular complexity index is 876. The molecule has 0 fully saturated rings. The topological polar surface area (TPSA) is 71.3 Å². The van der Waals surface area contributed by atoms with Crippen LogP contribution in [0.15, 0.2) is 48.0 Å². The fourth-order valence-electron chi connectivity index (χ4n) is 2.08. The molecule has 0 aliphatic heterocycles. The number of hydrogen-bond acceptors (Lipinski definition) is 4. The molecule has 0 radical (unpaired) electrons. The molecule has 0 atom stereocenters. The molecular weight excluding hydrogens is 349 g/mol. The molecule has 2 aromatic carbocycles. The van der Waals surface area contributed by atoms with Crippen LogP contribution in [0.3, 0.4) is 0 Å². The smallest absolute Gasteiger partial charge is 0.387 e. The summed E-state index contributed by atoms with van der Waals surface area (Å²) in [7, 11) is 1.26. The Morgan fingerprint density at radius 3 is 2.58 bits per heavy atom. The van der Waals surface area contributed by atoms with Crippen LogP contribution in [-0.4, -0.2) is 19.6 Å². The van der Waals surface area contributed by atoms with Gasteiger partial charge in [0.25, 0.3) is 5.91 Å². The van der Waals surface area contributed by atoms with Gasteiger partial charge in [-0.05, 0) is 24.3 Å². The van der Waals surface area contributed by atoms with Crippen molar-refractivity contribution in [3.05, 3.63) is 59.4 Å². The van der Waals surface area contributed by atoms with Crippen molar-refractivity contribution in [2.75, 3.05) is 12.4 Å². The van der Waals surface area contributed by atoms with Gasteiger partial charge in [-0.25, -0.2) is 4.39 Å². The van der Waals surface area contributed by atoms with Crippen LogP contribution >= 0.6 is 0 Å². The van der Waals surface area contributed by atoms with Gasteiger partial charge in [-0.1, -0.05) is 24.3 Å². The second-order valence-electron chi connectivity index (χ2n) is 4.86.